The fourth-order valence-corrected chi connectivity index (χ4v) is 2.30. The van der Waals surface area contributed by atoms with Crippen molar-refractivity contribution in [3.8, 4) is 6.07 Å². The van der Waals surface area contributed by atoms with Crippen LogP contribution in [0, 0.1) is 11.3 Å². The highest BCUT2D eigenvalue weighted by Gasteiger charge is 2.34. The minimum Gasteiger partial charge on any atom is -0.378 e. The molecule has 0 spiro atoms. The van der Waals surface area contributed by atoms with Gasteiger partial charge in [-0.05, 0) is 51.4 Å². The Hall–Kier alpha value is -0.590. The summed E-state index contributed by atoms with van der Waals surface area (Å²) in [4.78, 5) is 0. The first kappa shape index (κ1) is 12.9. The molecule has 2 fully saturated rings. The van der Waals surface area contributed by atoms with Crippen molar-refractivity contribution in [3.63, 3.8) is 0 Å². The van der Waals surface area contributed by atoms with E-state index in [-0.39, 0.29) is 5.54 Å². The van der Waals surface area contributed by atoms with Crippen molar-refractivity contribution in [2.75, 3.05) is 6.61 Å². The van der Waals surface area contributed by atoms with Crippen molar-refractivity contribution in [2.24, 2.45) is 0 Å². The Morgan fingerprint density at radius 2 is 2.12 bits per heavy atom. The topological polar surface area (TPSA) is 45.0 Å². The van der Waals surface area contributed by atoms with Crippen LogP contribution in [0.1, 0.15) is 58.3 Å². The lowest BCUT2D eigenvalue weighted by molar-refractivity contribution is -0.000872. The van der Waals surface area contributed by atoms with Crippen molar-refractivity contribution in [3.05, 3.63) is 0 Å². The van der Waals surface area contributed by atoms with Crippen molar-refractivity contribution in [2.45, 2.75) is 76.0 Å². The average Bonchev–Trinajstić information content (AvgIpc) is 3.08. The molecule has 0 aromatic carbocycles. The highest BCUT2D eigenvalue weighted by molar-refractivity contribution is 5.09. The van der Waals surface area contributed by atoms with Gasteiger partial charge in [-0.1, -0.05) is 6.92 Å². The van der Waals surface area contributed by atoms with Crippen LogP contribution >= 0.6 is 0 Å². The lowest BCUT2D eigenvalue weighted by atomic mass is 9.91. The van der Waals surface area contributed by atoms with Crippen LogP contribution in [0.3, 0.4) is 0 Å². The molecule has 2 rings (SSSR count). The lowest BCUT2D eigenvalue weighted by Gasteiger charge is -2.28. The van der Waals surface area contributed by atoms with Gasteiger partial charge in [0.1, 0.15) is 5.54 Å². The highest BCUT2D eigenvalue weighted by atomic mass is 16.5. The van der Waals surface area contributed by atoms with Gasteiger partial charge >= 0.3 is 0 Å². The number of nitrogens with one attached hydrogen (secondary N) is 1. The molecule has 2 aliphatic rings. The van der Waals surface area contributed by atoms with Gasteiger partial charge in [-0.25, -0.2) is 0 Å². The number of rotatable bonds is 8. The maximum absolute atomic E-state index is 9.37. The van der Waals surface area contributed by atoms with Crippen LogP contribution in [0.2, 0.25) is 0 Å². The zero-order valence-corrected chi connectivity index (χ0v) is 10.9. The van der Waals surface area contributed by atoms with Crippen LogP contribution in [0.4, 0.5) is 0 Å². The Bertz CT molecular complexity index is 278. The third kappa shape index (κ3) is 3.69. The number of hydrogen-bond donors (Lipinski definition) is 1. The van der Waals surface area contributed by atoms with Gasteiger partial charge in [-0.3, -0.25) is 5.32 Å². The molecule has 1 unspecified atom stereocenters. The van der Waals surface area contributed by atoms with E-state index in [9.17, 15) is 5.26 Å². The van der Waals surface area contributed by atoms with E-state index in [1.54, 1.807) is 0 Å². The van der Waals surface area contributed by atoms with Gasteiger partial charge in [0.05, 0.1) is 12.2 Å². The molecular weight excluding hydrogens is 212 g/mol. The molecule has 0 amide bonds. The standard InChI is InChI=1S/C14H24N2O/c1-2-14(11-15,16-12-7-8-12)9-4-10-17-13-5-3-6-13/h12-13,16H,2-10H2,1H3. The molecule has 0 aromatic heterocycles. The second-order valence-electron chi connectivity index (χ2n) is 5.49. The Kier molecular flexibility index (Phi) is 4.42. The van der Waals surface area contributed by atoms with E-state index in [1.165, 1.54) is 32.1 Å². The zero-order chi connectivity index (χ0) is 12.1. The monoisotopic (exact) mass is 236 g/mol. The van der Waals surface area contributed by atoms with Crippen LogP contribution < -0.4 is 5.32 Å². The van der Waals surface area contributed by atoms with Crippen molar-refractivity contribution >= 4 is 0 Å². The van der Waals surface area contributed by atoms with Crippen molar-refractivity contribution in [1.29, 1.82) is 5.26 Å². The van der Waals surface area contributed by atoms with Crippen LogP contribution in [0.5, 0.6) is 0 Å². The molecule has 96 valence electrons. The van der Waals surface area contributed by atoms with Crippen molar-refractivity contribution in [1.82, 2.24) is 5.32 Å². The van der Waals surface area contributed by atoms with Crippen LogP contribution in [0.15, 0.2) is 0 Å². The molecule has 2 saturated carbocycles. The summed E-state index contributed by atoms with van der Waals surface area (Å²) in [5.41, 5.74) is -0.301. The normalized spacial score (nSPS) is 23.8. The fraction of sp³-hybridized carbons (Fsp3) is 0.929. The van der Waals surface area contributed by atoms with E-state index < -0.39 is 0 Å². The van der Waals surface area contributed by atoms with Gasteiger partial charge in [0.15, 0.2) is 0 Å². The molecule has 1 atom stereocenters. The maximum Gasteiger partial charge on any atom is 0.106 e. The molecule has 17 heavy (non-hydrogen) atoms. The van der Waals surface area contributed by atoms with Crippen molar-refractivity contribution < 1.29 is 4.74 Å². The molecule has 0 aromatic rings. The summed E-state index contributed by atoms with van der Waals surface area (Å²) in [7, 11) is 0. The third-order valence-electron chi connectivity index (χ3n) is 4.03. The van der Waals surface area contributed by atoms with Gasteiger partial charge in [0.25, 0.3) is 0 Å². The average molecular weight is 236 g/mol. The van der Waals surface area contributed by atoms with E-state index in [2.05, 4.69) is 18.3 Å². The first-order valence-electron chi connectivity index (χ1n) is 7.08. The minimum absolute atomic E-state index is 0.301. The number of hydrogen-bond acceptors (Lipinski definition) is 3. The van der Waals surface area contributed by atoms with Crippen LogP contribution in [-0.4, -0.2) is 24.3 Å². The summed E-state index contributed by atoms with van der Waals surface area (Å²) >= 11 is 0. The van der Waals surface area contributed by atoms with Gasteiger partial charge < -0.3 is 4.74 Å². The first-order valence-corrected chi connectivity index (χ1v) is 7.08. The van der Waals surface area contributed by atoms with E-state index in [0.29, 0.717) is 12.1 Å². The molecular formula is C14H24N2O. The summed E-state index contributed by atoms with van der Waals surface area (Å²) in [5.74, 6) is 0. The molecule has 0 heterocycles. The molecule has 0 bridgehead atoms. The Morgan fingerprint density at radius 1 is 1.35 bits per heavy atom. The highest BCUT2D eigenvalue weighted by Crippen LogP contribution is 2.27. The van der Waals surface area contributed by atoms with E-state index in [4.69, 9.17) is 4.74 Å². The first-order chi connectivity index (χ1) is 8.28. The SMILES string of the molecule is CCC(C#N)(CCCOC1CCC1)NC1CC1. The number of nitriles is 1. The maximum atomic E-state index is 9.37. The second-order valence-corrected chi connectivity index (χ2v) is 5.49. The van der Waals surface area contributed by atoms with Crippen LogP contribution in [0.25, 0.3) is 0 Å². The van der Waals surface area contributed by atoms with E-state index in [0.717, 1.165) is 25.9 Å². The van der Waals surface area contributed by atoms with Crippen LogP contribution in [-0.2, 0) is 4.74 Å². The molecule has 3 nitrogen and oxygen atoms in total. The van der Waals surface area contributed by atoms with Gasteiger partial charge in [-0.2, -0.15) is 5.26 Å². The molecule has 0 aliphatic heterocycles. The molecule has 1 N–H and O–H groups in total. The zero-order valence-electron chi connectivity index (χ0n) is 10.9. The predicted molar refractivity (Wildman–Crippen MR) is 67.6 cm³/mol. The quantitative estimate of drug-likeness (QED) is 0.659. The third-order valence-corrected chi connectivity index (χ3v) is 4.03. The Labute approximate surface area is 105 Å². The minimum atomic E-state index is -0.301. The summed E-state index contributed by atoms with van der Waals surface area (Å²) in [6.45, 7) is 2.92. The molecule has 0 radical (unpaired) electrons. The largest absolute Gasteiger partial charge is 0.378 e. The summed E-state index contributed by atoms with van der Waals surface area (Å²) in [5, 5.41) is 12.9. The summed E-state index contributed by atoms with van der Waals surface area (Å²) in [6.07, 6.45) is 9.60. The lowest BCUT2D eigenvalue weighted by Crippen LogP contribution is -2.45. The summed E-state index contributed by atoms with van der Waals surface area (Å²) < 4.78 is 5.75. The smallest absolute Gasteiger partial charge is 0.106 e. The van der Waals surface area contributed by atoms with Gasteiger partial charge in [0, 0.05) is 12.6 Å². The van der Waals surface area contributed by atoms with E-state index in [1.807, 2.05) is 0 Å². The van der Waals surface area contributed by atoms with E-state index >= 15 is 0 Å². The number of nitrogens with zero attached hydrogens (tertiary/aromatic N) is 1. The molecule has 0 saturated heterocycles. The van der Waals surface area contributed by atoms with Gasteiger partial charge in [0.2, 0.25) is 0 Å². The summed E-state index contributed by atoms with van der Waals surface area (Å²) in [6, 6.07) is 3.09. The molecule has 3 heteroatoms. The van der Waals surface area contributed by atoms with Gasteiger partial charge in [-0.15, -0.1) is 0 Å². The fourth-order valence-electron chi connectivity index (χ4n) is 2.30. The Morgan fingerprint density at radius 3 is 2.59 bits per heavy atom. The number of ether oxygens (including phenoxy) is 1. The Balaban J connectivity index is 1.66. The second kappa shape index (κ2) is 5.84. The predicted octanol–water partition coefficient (Wildman–Crippen LogP) is 2.76. The molecule has 2 aliphatic carbocycles.